The number of halogens is 1. The third-order valence-electron chi connectivity index (χ3n) is 6.75. The van der Waals surface area contributed by atoms with E-state index in [9.17, 15) is 9.50 Å². The van der Waals surface area contributed by atoms with E-state index in [4.69, 9.17) is 4.74 Å². The molecular formula is C24H27FN6O2. The van der Waals surface area contributed by atoms with Crippen LogP contribution in [-0.4, -0.2) is 57.6 Å². The number of piperidine rings is 2. The van der Waals surface area contributed by atoms with Gasteiger partial charge in [0.1, 0.15) is 5.75 Å². The SMILES string of the molecule is COc1cc(-c2ccc(-c3ncc(N(C)C4C[C@H]5CCC[C@H](C4)N5)nn3)c(O)c2)cnc1F. The fraction of sp³-hybridized carbons (Fsp3) is 0.417. The Morgan fingerprint density at radius 2 is 1.85 bits per heavy atom. The zero-order chi connectivity index (χ0) is 22.9. The number of methoxy groups -OCH3 is 1. The van der Waals surface area contributed by atoms with E-state index in [0.717, 1.165) is 18.7 Å². The highest BCUT2D eigenvalue weighted by Crippen LogP contribution is 2.34. The molecule has 8 nitrogen and oxygen atoms in total. The van der Waals surface area contributed by atoms with Crippen LogP contribution in [0.25, 0.3) is 22.5 Å². The Kier molecular flexibility index (Phi) is 5.80. The first-order valence-corrected chi connectivity index (χ1v) is 11.2. The molecule has 0 unspecified atom stereocenters. The van der Waals surface area contributed by atoms with Gasteiger partial charge in [0, 0.05) is 36.9 Å². The van der Waals surface area contributed by atoms with Crippen LogP contribution in [0.4, 0.5) is 10.2 Å². The summed E-state index contributed by atoms with van der Waals surface area (Å²) < 4.78 is 18.6. The molecule has 2 aliphatic rings. The van der Waals surface area contributed by atoms with E-state index in [2.05, 4.69) is 30.4 Å². The summed E-state index contributed by atoms with van der Waals surface area (Å²) in [6, 6.07) is 8.19. The van der Waals surface area contributed by atoms with Crippen LogP contribution in [0, 0.1) is 5.95 Å². The molecule has 172 valence electrons. The molecule has 3 aromatic rings. The lowest BCUT2D eigenvalue weighted by atomic mass is 9.83. The van der Waals surface area contributed by atoms with E-state index in [1.54, 1.807) is 24.4 Å². The second kappa shape index (κ2) is 8.90. The molecule has 0 aliphatic carbocycles. The summed E-state index contributed by atoms with van der Waals surface area (Å²) in [7, 11) is 3.43. The normalized spacial score (nSPS) is 22.1. The number of fused-ring (bicyclic) bond motifs is 2. The predicted octanol–water partition coefficient (Wildman–Crippen LogP) is 3.56. The second-order valence-corrected chi connectivity index (χ2v) is 8.82. The highest BCUT2D eigenvalue weighted by Gasteiger charge is 2.33. The van der Waals surface area contributed by atoms with Crippen LogP contribution in [0.5, 0.6) is 11.5 Å². The van der Waals surface area contributed by atoms with Crippen LogP contribution in [-0.2, 0) is 0 Å². The van der Waals surface area contributed by atoms with E-state index in [-0.39, 0.29) is 11.5 Å². The van der Waals surface area contributed by atoms with Gasteiger partial charge in [-0.3, -0.25) is 0 Å². The van der Waals surface area contributed by atoms with Gasteiger partial charge in [0.25, 0.3) is 5.95 Å². The number of phenols is 1. The summed E-state index contributed by atoms with van der Waals surface area (Å²) in [5.41, 5.74) is 1.76. The second-order valence-electron chi connectivity index (χ2n) is 8.82. The van der Waals surface area contributed by atoms with Crippen LogP contribution < -0.4 is 15.0 Å². The van der Waals surface area contributed by atoms with Crippen LogP contribution in [0.15, 0.2) is 36.7 Å². The number of rotatable bonds is 5. The molecule has 33 heavy (non-hydrogen) atoms. The Balaban J connectivity index is 1.34. The summed E-state index contributed by atoms with van der Waals surface area (Å²) in [6.45, 7) is 0. The highest BCUT2D eigenvalue weighted by molar-refractivity contribution is 5.73. The van der Waals surface area contributed by atoms with Crippen molar-refractivity contribution in [2.24, 2.45) is 0 Å². The van der Waals surface area contributed by atoms with Gasteiger partial charge >= 0.3 is 0 Å². The van der Waals surface area contributed by atoms with Gasteiger partial charge in [0.15, 0.2) is 17.4 Å². The van der Waals surface area contributed by atoms with Crippen molar-refractivity contribution >= 4 is 5.82 Å². The minimum absolute atomic E-state index is 0.00452. The molecule has 2 bridgehead atoms. The third kappa shape index (κ3) is 4.32. The Hall–Kier alpha value is -3.33. The molecule has 0 saturated carbocycles. The number of hydrogen-bond donors (Lipinski definition) is 2. The maximum Gasteiger partial charge on any atom is 0.255 e. The molecule has 0 spiro atoms. The largest absolute Gasteiger partial charge is 0.507 e. The van der Waals surface area contributed by atoms with E-state index in [1.165, 1.54) is 38.6 Å². The van der Waals surface area contributed by atoms with Crippen molar-refractivity contribution < 1.29 is 14.2 Å². The average Bonchev–Trinajstić information content (AvgIpc) is 2.84. The summed E-state index contributed by atoms with van der Waals surface area (Å²) >= 11 is 0. The van der Waals surface area contributed by atoms with Crippen LogP contribution in [0.1, 0.15) is 32.1 Å². The molecule has 2 atom stereocenters. The smallest absolute Gasteiger partial charge is 0.255 e. The summed E-state index contributed by atoms with van der Waals surface area (Å²) in [5, 5.41) is 23.0. The zero-order valence-electron chi connectivity index (χ0n) is 18.7. The van der Waals surface area contributed by atoms with E-state index < -0.39 is 5.95 Å². The number of ether oxygens (including phenoxy) is 1. The van der Waals surface area contributed by atoms with E-state index >= 15 is 0 Å². The Labute approximate surface area is 191 Å². The average molecular weight is 451 g/mol. The van der Waals surface area contributed by atoms with Gasteiger partial charge < -0.3 is 20.1 Å². The van der Waals surface area contributed by atoms with Crippen molar-refractivity contribution in [3.05, 3.63) is 42.6 Å². The van der Waals surface area contributed by atoms with Gasteiger partial charge in [-0.05, 0) is 49.4 Å². The first kappa shape index (κ1) is 21.5. The Bertz CT molecular complexity index is 1130. The van der Waals surface area contributed by atoms with E-state index in [0.29, 0.717) is 40.6 Å². The molecule has 4 heterocycles. The Morgan fingerprint density at radius 3 is 2.52 bits per heavy atom. The molecule has 5 rings (SSSR count). The van der Waals surface area contributed by atoms with Crippen molar-refractivity contribution in [3.63, 3.8) is 0 Å². The quantitative estimate of drug-likeness (QED) is 0.570. The molecular weight excluding hydrogens is 423 g/mol. The summed E-state index contributed by atoms with van der Waals surface area (Å²) in [5.74, 6) is 0.433. The van der Waals surface area contributed by atoms with E-state index in [1.807, 2.05) is 7.05 Å². The van der Waals surface area contributed by atoms with Crippen molar-refractivity contribution in [2.75, 3.05) is 19.1 Å². The fourth-order valence-electron chi connectivity index (χ4n) is 4.92. The molecule has 1 aromatic carbocycles. The molecule has 9 heteroatoms. The number of benzene rings is 1. The van der Waals surface area contributed by atoms with Gasteiger partial charge in [-0.25, -0.2) is 9.97 Å². The van der Waals surface area contributed by atoms with Crippen molar-refractivity contribution in [3.8, 4) is 34.0 Å². The number of anilines is 1. The molecule has 2 aliphatic heterocycles. The van der Waals surface area contributed by atoms with Crippen LogP contribution in [0.2, 0.25) is 0 Å². The third-order valence-corrected chi connectivity index (χ3v) is 6.75. The monoisotopic (exact) mass is 450 g/mol. The number of phenolic OH excluding ortho intramolecular Hbond substituents is 1. The Morgan fingerprint density at radius 1 is 1.06 bits per heavy atom. The molecule has 2 N–H and O–H groups in total. The number of nitrogens with one attached hydrogen (secondary N) is 1. The first-order chi connectivity index (χ1) is 16.0. The maximum absolute atomic E-state index is 13.6. The van der Waals surface area contributed by atoms with Gasteiger partial charge in [0.2, 0.25) is 0 Å². The molecule has 0 radical (unpaired) electrons. The van der Waals surface area contributed by atoms with Crippen molar-refractivity contribution in [1.82, 2.24) is 25.5 Å². The molecule has 0 amide bonds. The molecule has 2 fully saturated rings. The number of aromatic hydroxyl groups is 1. The fourth-order valence-corrected chi connectivity index (χ4v) is 4.92. The summed E-state index contributed by atoms with van der Waals surface area (Å²) in [6.07, 6.45) is 9.08. The van der Waals surface area contributed by atoms with Gasteiger partial charge in [-0.15, -0.1) is 10.2 Å². The number of nitrogens with zero attached hydrogens (tertiary/aromatic N) is 5. The minimum atomic E-state index is -0.681. The topological polar surface area (TPSA) is 96.3 Å². The lowest BCUT2D eigenvalue weighted by molar-refractivity contribution is 0.219. The van der Waals surface area contributed by atoms with Gasteiger partial charge in [0.05, 0.1) is 18.9 Å². The maximum atomic E-state index is 13.6. The lowest BCUT2D eigenvalue weighted by Crippen LogP contribution is -2.54. The standard InChI is InChI=1S/C24H27FN6O2/c1-31(18-10-16-4-3-5-17(11-18)28-16)22-13-27-24(30-29-22)19-7-6-14(8-20(19)32)15-9-21(33-2)23(25)26-12-15/h6-9,12-13,16-18,28,32H,3-5,10-11H2,1-2H3/t16-,17-/m1/s1. The molecule has 2 aromatic heterocycles. The van der Waals surface area contributed by atoms with Crippen molar-refractivity contribution in [1.29, 1.82) is 0 Å². The minimum Gasteiger partial charge on any atom is -0.507 e. The van der Waals surface area contributed by atoms with Crippen LogP contribution in [0.3, 0.4) is 0 Å². The van der Waals surface area contributed by atoms with Gasteiger partial charge in [-0.2, -0.15) is 4.39 Å². The predicted molar refractivity (Wildman–Crippen MR) is 123 cm³/mol. The number of aromatic nitrogens is 4. The highest BCUT2D eigenvalue weighted by atomic mass is 19.1. The van der Waals surface area contributed by atoms with Crippen molar-refractivity contribution in [2.45, 2.75) is 50.2 Å². The molecule has 2 saturated heterocycles. The zero-order valence-corrected chi connectivity index (χ0v) is 18.7. The number of hydrogen-bond acceptors (Lipinski definition) is 8. The number of pyridine rings is 1. The first-order valence-electron chi connectivity index (χ1n) is 11.2. The van der Waals surface area contributed by atoms with Crippen LogP contribution >= 0.6 is 0 Å². The van der Waals surface area contributed by atoms with Gasteiger partial charge in [-0.1, -0.05) is 12.5 Å². The summed E-state index contributed by atoms with van der Waals surface area (Å²) in [4.78, 5) is 10.3. The lowest BCUT2D eigenvalue weighted by Gasteiger charge is -2.43.